The first-order chi connectivity index (χ1) is 8.24. The molecule has 1 saturated heterocycles. The van der Waals surface area contributed by atoms with Crippen molar-refractivity contribution in [2.24, 2.45) is 5.41 Å². The highest BCUT2D eigenvalue weighted by molar-refractivity contribution is 6.71. The first-order valence-electron chi connectivity index (χ1n) is 6.83. The molecule has 1 heterocycles. The first kappa shape index (κ1) is 16.4. The second-order valence-electron chi connectivity index (χ2n) is 7.57. The standard InChI is InChI=1S/C15H28O3Si/c1-11(2)12(16)17-15(7)10-19(8,9)18-14(5,6)13(15,3)4/h1,10H2,2-9H3. The molecule has 0 radical (unpaired) electrons. The Kier molecular flexibility index (Phi) is 3.85. The van der Waals surface area contributed by atoms with Crippen LogP contribution in [0.1, 0.15) is 41.5 Å². The number of carbonyl (C=O) groups excluding carboxylic acids is 1. The molecule has 110 valence electrons. The Balaban J connectivity index is 3.21. The summed E-state index contributed by atoms with van der Waals surface area (Å²) in [4.78, 5) is 12.0. The molecular weight excluding hydrogens is 256 g/mol. The minimum Gasteiger partial charge on any atom is -0.456 e. The topological polar surface area (TPSA) is 35.5 Å². The summed E-state index contributed by atoms with van der Waals surface area (Å²) in [6, 6.07) is 0.801. The van der Waals surface area contributed by atoms with Crippen molar-refractivity contribution in [2.45, 2.75) is 71.9 Å². The molecule has 0 aliphatic carbocycles. The minimum absolute atomic E-state index is 0.270. The van der Waals surface area contributed by atoms with Crippen molar-refractivity contribution in [3.8, 4) is 0 Å². The van der Waals surface area contributed by atoms with Gasteiger partial charge in [0.15, 0.2) is 8.32 Å². The number of carbonyl (C=O) groups is 1. The van der Waals surface area contributed by atoms with Gasteiger partial charge in [-0.2, -0.15) is 0 Å². The molecule has 0 saturated carbocycles. The summed E-state index contributed by atoms with van der Waals surface area (Å²) < 4.78 is 12.2. The van der Waals surface area contributed by atoms with Gasteiger partial charge in [0.05, 0.1) is 5.60 Å². The van der Waals surface area contributed by atoms with Crippen LogP contribution >= 0.6 is 0 Å². The van der Waals surface area contributed by atoms with Gasteiger partial charge in [-0.25, -0.2) is 4.79 Å². The maximum Gasteiger partial charge on any atom is 0.333 e. The molecule has 0 spiro atoms. The number of rotatable bonds is 2. The molecule has 3 nitrogen and oxygen atoms in total. The Bertz CT molecular complexity index is 410. The van der Waals surface area contributed by atoms with Crippen molar-refractivity contribution >= 4 is 14.3 Å². The molecule has 1 fully saturated rings. The van der Waals surface area contributed by atoms with Gasteiger partial charge in [-0.1, -0.05) is 20.4 Å². The van der Waals surface area contributed by atoms with E-state index < -0.39 is 13.9 Å². The molecule has 0 amide bonds. The smallest absolute Gasteiger partial charge is 0.333 e. The molecule has 0 bridgehead atoms. The van der Waals surface area contributed by atoms with E-state index in [2.05, 4.69) is 47.4 Å². The van der Waals surface area contributed by atoms with Crippen LogP contribution in [0.2, 0.25) is 19.1 Å². The van der Waals surface area contributed by atoms with Crippen LogP contribution in [0, 0.1) is 5.41 Å². The highest BCUT2D eigenvalue weighted by Crippen LogP contribution is 2.54. The van der Waals surface area contributed by atoms with Crippen LogP contribution in [0.3, 0.4) is 0 Å². The van der Waals surface area contributed by atoms with Gasteiger partial charge in [0.1, 0.15) is 5.60 Å². The van der Waals surface area contributed by atoms with Gasteiger partial charge in [0.25, 0.3) is 0 Å². The average molecular weight is 284 g/mol. The lowest BCUT2D eigenvalue weighted by atomic mass is 9.66. The summed E-state index contributed by atoms with van der Waals surface area (Å²) >= 11 is 0. The SMILES string of the molecule is C=C(C)C(=O)OC1(C)C[Si](C)(C)OC(C)(C)C1(C)C. The minimum atomic E-state index is -1.86. The fourth-order valence-electron chi connectivity index (χ4n) is 2.98. The monoisotopic (exact) mass is 284 g/mol. The van der Waals surface area contributed by atoms with Crippen molar-refractivity contribution in [3.63, 3.8) is 0 Å². The van der Waals surface area contributed by atoms with Crippen LogP contribution < -0.4 is 0 Å². The number of esters is 1. The van der Waals surface area contributed by atoms with E-state index >= 15 is 0 Å². The number of hydrogen-bond donors (Lipinski definition) is 0. The van der Waals surface area contributed by atoms with E-state index in [-0.39, 0.29) is 17.0 Å². The summed E-state index contributed by atoms with van der Waals surface area (Å²) in [6.45, 7) is 20.2. The van der Waals surface area contributed by atoms with Gasteiger partial charge in [0.2, 0.25) is 0 Å². The number of hydrogen-bond acceptors (Lipinski definition) is 3. The van der Waals surface area contributed by atoms with Crippen molar-refractivity contribution in [1.29, 1.82) is 0 Å². The van der Waals surface area contributed by atoms with E-state index in [1.807, 2.05) is 6.92 Å². The molecule has 0 aromatic carbocycles. The zero-order valence-corrected chi connectivity index (χ0v) is 14.6. The van der Waals surface area contributed by atoms with Gasteiger partial charge in [-0.15, -0.1) is 0 Å². The molecular formula is C15H28O3Si. The van der Waals surface area contributed by atoms with E-state index in [0.717, 1.165) is 6.04 Å². The largest absolute Gasteiger partial charge is 0.456 e. The summed E-state index contributed by atoms with van der Waals surface area (Å²) in [7, 11) is -1.86. The van der Waals surface area contributed by atoms with E-state index in [1.54, 1.807) is 6.92 Å². The van der Waals surface area contributed by atoms with Gasteiger partial charge in [-0.3, -0.25) is 0 Å². The van der Waals surface area contributed by atoms with E-state index in [4.69, 9.17) is 9.16 Å². The fourth-order valence-corrected chi connectivity index (χ4v) is 6.83. The molecule has 1 atom stereocenters. The molecule has 4 heteroatoms. The Hall–Kier alpha value is -0.613. The maximum absolute atomic E-state index is 12.0. The van der Waals surface area contributed by atoms with E-state index in [0.29, 0.717) is 5.57 Å². The second kappa shape index (κ2) is 4.45. The van der Waals surface area contributed by atoms with Crippen molar-refractivity contribution in [1.82, 2.24) is 0 Å². The Labute approximate surface area is 118 Å². The lowest BCUT2D eigenvalue weighted by molar-refractivity contribution is -0.195. The first-order valence-corrected chi connectivity index (χ1v) is 9.95. The van der Waals surface area contributed by atoms with Crippen LogP contribution in [-0.2, 0) is 14.0 Å². The summed E-state index contributed by atoms with van der Waals surface area (Å²) in [5.74, 6) is -0.307. The zero-order valence-electron chi connectivity index (χ0n) is 13.6. The van der Waals surface area contributed by atoms with Gasteiger partial charge < -0.3 is 9.16 Å². The predicted octanol–water partition coefficient (Wildman–Crippen LogP) is 3.90. The molecule has 0 N–H and O–H groups in total. The third-order valence-corrected chi connectivity index (χ3v) is 7.38. The molecule has 0 aromatic heterocycles. The molecule has 19 heavy (non-hydrogen) atoms. The summed E-state index contributed by atoms with van der Waals surface area (Å²) in [5, 5.41) is 0. The highest BCUT2D eigenvalue weighted by atomic mass is 28.4. The van der Waals surface area contributed by atoms with Crippen molar-refractivity contribution in [2.75, 3.05) is 0 Å². The molecule has 1 unspecified atom stereocenters. The van der Waals surface area contributed by atoms with Gasteiger partial charge in [-0.05, 0) is 40.8 Å². The lowest BCUT2D eigenvalue weighted by Gasteiger charge is -2.60. The molecule has 1 rings (SSSR count). The Morgan fingerprint density at radius 1 is 1.21 bits per heavy atom. The third-order valence-electron chi connectivity index (χ3n) is 4.79. The van der Waals surface area contributed by atoms with Crippen molar-refractivity contribution in [3.05, 3.63) is 12.2 Å². The maximum atomic E-state index is 12.0. The van der Waals surface area contributed by atoms with Crippen LogP contribution in [0.25, 0.3) is 0 Å². The highest BCUT2D eigenvalue weighted by Gasteiger charge is 2.61. The van der Waals surface area contributed by atoms with Crippen LogP contribution in [0.4, 0.5) is 0 Å². The second-order valence-corrected chi connectivity index (χ2v) is 11.7. The molecule has 0 aromatic rings. The quantitative estimate of drug-likeness (QED) is 0.438. The van der Waals surface area contributed by atoms with E-state index in [9.17, 15) is 4.79 Å². The Morgan fingerprint density at radius 3 is 2.11 bits per heavy atom. The van der Waals surface area contributed by atoms with Gasteiger partial charge >= 0.3 is 5.97 Å². The van der Waals surface area contributed by atoms with Crippen LogP contribution in [0.5, 0.6) is 0 Å². The predicted molar refractivity (Wildman–Crippen MR) is 80.5 cm³/mol. The normalized spacial score (nSPS) is 31.6. The molecule has 1 aliphatic heterocycles. The fraction of sp³-hybridized carbons (Fsp3) is 0.800. The third kappa shape index (κ3) is 2.79. The summed E-state index contributed by atoms with van der Waals surface area (Å²) in [5.41, 5.74) is -0.681. The van der Waals surface area contributed by atoms with Gasteiger partial charge in [0, 0.05) is 17.0 Å². The van der Waals surface area contributed by atoms with E-state index in [1.165, 1.54) is 0 Å². The summed E-state index contributed by atoms with van der Waals surface area (Å²) in [6.07, 6.45) is 0. The lowest BCUT2D eigenvalue weighted by Crippen LogP contribution is -2.67. The van der Waals surface area contributed by atoms with Crippen LogP contribution in [-0.4, -0.2) is 25.5 Å². The van der Waals surface area contributed by atoms with Crippen molar-refractivity contribution < 1.29 is 14.0 Å². The average Bonchev–Trinajstić information content (AvgIpc) is 2.11. The van der Waals surface area contributed by atoms with Crippen LogP contribution in [0.15, 0.2) is 12.2 Å². The Morgan fingerprint density at radius 2 is 1.68 bits per heavy atom. The number of ether oxygens (including phenoxy) is 1. The molecule has 1 aliphatic rings. The zero-order chi connectivity index (χ0) is 15.3.